The van der Waals surface area contributed by atoms with Gasteiger partial charge in [0.1, 0.15) is 11.3 Å². The lowest BCUT2D eigenvalue weighted by Gasteiger charge is -2.06. The minimum absolute atomic E-state index is 0.228. The lowest BCUT2D eigenvalue weighted by atomic mass is 10.1. The Kier molecular flexibility index (Phi) is 3.95. The lowest BCUT2D eigenvalue weighted by Crippen LogP contribution is -2.07. The Labute approximate surface area is 146 Å². The zero-order chi connectivity index (χ0) is 16.5. The zero-order valence-electron chi connectivity index (χ0n) is 12.8. The molecular weight excluding hydrogens is 346 g/mol. The first-order valence-electron chi connectivity index (χ1n) is 7.39. The Morgan fingerprint density at radius 2 is 2.25 bits per heavy atom. The van der Waals surface area contributed by atoms with Crippen molar-refractivity contribution in [2.45, 2.75) is 6.42 Å². The first-order valence-corrected chi connectivity index (χ1v) is 8.65. The minimum Gasteiger partial charge on any atom is -0.497 e. The van der Waals surface area contributed by atoms with Crippen molar-refractivity contribution < 1.29 is 4.74 Å². The Bertz CT molecular complexity index is 1010. The van der Waals surface area contributed by atoms with E-state index >= 15 is 0 Å². The fraction of sp³-hybridized carbons (Fsp3) is 0.188. The van der Waals surface area contributed by atoms with E-state index < -0.39 is 0 Å². The summed E-state index contributed by atoms with van der Waals surface area (Å²) < 4.78 is 5.30. The van der Waals surface area contributed by atoms with Crippen molar-refractivity contribution in [3.8, 4) is 5.75 Å². The van der Waals surface area contributed by atoms with Gasteiger partial charge in [0.2, 0.25) is 5.28 Å². The van der Waals surface area contributed by atoms with E-state index in [4.69, 9.17) is 16.3 Å². The van der Waals surface area contributed by atoms with Crippen LogP contribution >= 0.6 is 22.9 Å². The molecule has 0 aliphatic rings. The molecule has 0 aliphatic heterocycles. The molecule has 3 heterocycles. The molecular formula is C16H14ClN5OS. The number of methoxy groups -OCH3 is 1. The predicted molar refractivity (Wildman–Crippen MR) is 97.3 cm³/mol. The number of anilines is 1. The van der Waals surface area contributed by atoms with E-state index in [0.29, 0.717) is 12.4 Å². The van der Waals surface area contributed by atoms with Gasteiger partial charge >= 0.3 is 0 Å². The zero-order valence-corrected chi connectivity index (χ0v) is 14.4. The van der Waals surface area contributed by atoms with Crippen LogP contribution in [0, 0.1) is 0 Å². The van der Waals surface area contributed by atoms with Crippen LogP contribution in [0.15, 0.2) is 29.9 Å². The summed E-state index contributed by atoms with van der Waals surface area (Å²) in [6.45, 7) is 0.712. The summed E-state index contributed by atoms with van der Waals surface area (Å²) in [5, 5.41) is 4.70. The summed E-state index contributed by atoms with van der Waals surface area (Å²) in [5.74, 6) is 1.52. The topological polar surface area (TPSA) is 75.7 Å². The second kappa shape index (κ2) is 6.26. The van der Waals surface area contributed by atoms with Gasteiger partial charge in [0.25, 0.3) is 0 Å². The highest BCUT2D eigenvalue weighted by Crippen LogP contribution is 2.25. The van der Waals surface area contributed by atoms with Crippen LogP contribution in [0.1, 0.15) is 5.56 Å². The van der Waals surface area contributed by atoms with Crippen molar-refractivity contribution in [2.75, 3.05) is 19.0 Å². The van der Waals surface area contributed by atoms with E-state index in [1.807, 2.05) is 24.4 Å². The van der Waals surface area contributed by atoms with Crippen LogP contribution in [0.2, 0.25) is 5.28 Å². The van der Waals surface area contributed by atoms with Crippen molar-refractivity contribution in [1.29, 1.82) is 0 Å². The number of rotatable bonds is 5. The summed E-state index contributed by atoms with van der Waals surface area (Å²) >= 11 is 7.42. The van der Waals surface area contributed by atoms with Gasteiger partial charge < -0.3 is 15.0 Å². The third-order valence-corrected chi connectivity index (χ3v) is 4.72. The largest absolute Gasteiger partial charge is 0.497 e. The average Bonchev–Trinajstić information content (AvgIpc) is 3.21. The summed E-state index contributed by atoms with van der Waals surface area (Å²) in [7, 11) is 1.67. The molecule has 122 valence electrons. The van der Waals surface area contributed by atoms with Gasteiger partial charge in [0, 0.05) is 23.6 Å². The maximum Gasteiger partial charge on any atom is 0.225 e. The van der Waals surface area contributed by atoms with Crippen LogP contribution in [0.25, 0.3) is 21.3 Å². The molecule has 24 heavy (non-hydrogen) atoms. The van der Waals surface area contributed by atoms with Gasteiger partial charge in [-0.2, -0.15) is 4.98 Å². The van der Waals surface area contributed by atoms with Crippen LogP contribution < -0.4 is 10.1 Å². The molecule has 0 radical (unpaired) electrons. The number of nitrogens with one attached hydrogen (secondary N) is 2. The van der Waals surface area contributed by atoms with Crippen LogP contribution in [0.5, 0.6) is 5.75 Å². The molecule has 0 bridgehead atoms. The quantitative estimate of drug-likeness (QED) is 0.529. The monoisotopic (exact) mass is 359 g/mol. The normalized spacial score (nSPS) is 11.2. The number of halogens is 1. The first kappa shape index (κ1) is 15.2. The van der Waals surface area contributed by atoms with Gasteiger partial charge in [-0.1, -0.05) is 0 Å². The van der Waals surface area contributed by atoms with Crippen molar-refractivity contribution in [3.63, 3.8) is 0 Å². The number of nitrogens with zero attached hydrogens (tertiary/aromatic N) is 3. The number of ether oxygens (including phenoxy) is 1. The fourth-order valence-electron chi connectivity index (χ4n) is 2.67. The molecule has 4 aromatic rings. The molecule has 0 amide bonds. The Hall–Kier alpha value is -2.38. The number of aromatic nitrogens is 4. The molecule has 0 unspecified atom stereocenters. The second-order valence-corrected chi connectivity index (χ2v) is 6.42. The molecule has 8 heteroatoms. The number of hydrogen-bond acceptors (Lipinski definition) is 6. The number of aromatic amines is 1. The van der Waals surface area contributed by atoms with E-state index in [0.717, 1.165) is 33.4 Å². The van der Waals surface area contributed by atoms with Crippen LogP contribution in [0.3, 0.4) is 0 Å². The Morgan fingerprint density at radius 3 is 3.12 bits per heavy atom. The van der Waals surface area contributed by atoms with E-state index in [-0.39, 0.29) is 5.28 Å². The number of benzene rings is 1. The molecule has 3 aromatic heterocycles. The van der Waals surface area contributed by atoms with Crippen molar-refractivity contribution in [3.05, 3.63) is 40.8 Å². The molecule has 0 aliphatic carbocycles. The van der Waals surface area contributed by atoms with E-state index in [9.17, 15) is 0 Å². The fourth-order valence-corrected chi connectivity index (χ4v) is 3.54. The highest BCUT2D eigenvalue weighted by Gasteiger charge is 2.10. The Morgan fingerprint density at radius 1 is 1.33 bits per heavy atom. The summed E-state index contributed by atoms with van der Waals surface area (Å²) in [4.78, 5) is 16.8. The smallest absolute Gasteiger partial charge is 0.225 e. The van der Waals surface area contributed by atoms with Crippen LogP contribution in [-0.2, 0) is 6.42 Å². The van der Waals surface area contributed by atoms with E-state index in [2.05, 4.69) is 25.3 Å². The molecule has 4 rings (SSSR count). The van der Waals surface area contributed by atoms with Crippen molar-refractivity contribution >= 4 is 50.0 Å². The van der Waals surface area contributed by atoms with E-state index in [1.165, 1.54) is 16.9 Å². The second-order valence-electron chi connectivity index (χ2n) is 5.25. The molecule has 0 saturated carbocycles. The van der Waals surface area contributed by atoms with E-state index in [1.54, 1.807) is 12.6 Å². The molecule has 2 N–H and O–H groups in total. The number of H-pyrrole nitrogens is 1. The molecule has 0 fully saturated rings. The highest BCUT2D eigenvalue weighted by molar-refractivity contribution is 7.16. The average molecular weight is 360 g/mol. The van der Waals surface area contributed by atoms with Crippen LogP contribution in [0.4, 0.5) is 5.82 Å². The third-order valence-electron chi connectivity index (χ3n) is 3.83. The summed E-state index contributed by atoms with van der Waals surface area (Å²) in [6.07, 6.45) is 2.86. The lowest BCUT2D eigenvalue weighted by molar-refractivity contribution is 0.415. The summed E-state index contributed by atoms with van der Waals surface area (Å²) in [5.41, 5.74) is 4.81. The summed E-state index contributed by atoms with van der Waals surface area (Å²) in [6, 6.07) is 6.01. The van der Waals surface area contributed by atoms with Crippen molar-refractivity contribution in [2.24, 2.45) is 0 Å². The SMILES string of the molecule is COc1ccc2[nH]cc(CCNc3nc(Cl)nc4scnc34)c2c1. The third kappa shape index (κ3) is 2.76. The van der Waals surface area contributed by atoms with Gasteiger partial charge in [0.15, 0.2) is 10.6 Å². The number of thiazole rings is 1. The number of fused-ring (bicyclic) bond motifs is 2. The maximum atomic E-state index is 5.97. The molecule has 0 spiro atoms. The molecule has 0 atom stereocenters. The standard InChI is InChI=1S/C16H14ClN5OS/c1-23-10-2-3-12-11(6-10)9(7-19-12)4-5-18-14-13-15(24-8-20-13)22-16(17)21-14/h2-3,6-8,19H,4-5H2,1H3,(H,18,21,22). The first-order chi connectivity index (χ1) is 11.7. The van der Waals surface area contributed by atoms with Gasteiger partial charge in [0.05, 0.1) is 12.6 Å². The van der Waals surface area contributed by atoms with Gasteiger partial charge in [-0.3, -0.25) is 0 Å². The molecule has 0 saturated heterocycles. The van der Waals surface area contributed by atoms with Gasteiger partial charge in [-0.05, 0) is 41.8 Å². The maximum absolute atomic E-state index is 5.97. The van der Waals surface area contributed by atoms with Gasteiger partial charge in [-0.15, -0.1) is 11.3 Å². The Balaban J connectivity index is 1.54. The molecule has 1 aromatic carbocycles. The van der Waals surface area contributed by atoms with Crippen molar-refractivity contribution in [1.82, 2.24) is 19.9 Å². The van der Waals surface area contributed by atoms with Crippen LogP contribution in [-0.4, -0.2) is 33.6 Å². The molecule has 6 nitrogen and oxygen atoms in total. The van der Waals surface area contributed by atoms with Gasteiger partial charge in [-0.25, -0.2) is 9.97 Å². The predicted octanol–water partition coefficient (Wildman–Crippen LogP) is 3.88. The number of hydrogen-bond donors (Lipinski definition) is 2. The minimum atomic E-state index is 0.228. The highest BCUT2D eigenvalue weighted by atomic mass is 35.5.